The smallest absolute Gasteiger partial charge is 0.338 e. The molecule has 15 heavy (non-hydrogen) atoms. The topological polar surface area (TPSA) is 44.8 Å². The lowest BCUT2D eigenvalue weighted by Crippen LogP contribution is -2.51. The Morgan fingerprint density at radius 3 is 2.60 bits per heavy atom. The third-order valence-corrected chi connectivity index (χ3v) is 3.21. The van der Waals surface area contributed by atoms with Crippen molar-refractivity contribution in [3.63, 3.8) is 0 Å². The van der Waals surface area contributed by atoms with Crippen molar-refractivity contribution in [2.75, 3.05) is 13.7 Å². The van der Waals surface area contributed by atoms with E-state index < -0.39 is 5.60 Å². The van der Waals surface area contributed by atoms with Gasteiger partial charge in [-0.15, -0.1) is 0 Å². The maximum Gasteiger partial charge on any atom is 0.338 e. The summed E-state index contributed by atoms with van der Waals surface area (Å²) < 4.78 is 16.0. The van der Waals surface area contributed by atoms with Gasteiger partial charge in [-0.2, -0.15) is 0 Å². The summed E-state index contributed by atoms with van der Waals surface area (Å²) in [6, 6.07) is 0. The molecule has 0 spiro atoms. The summed E-state index contributed by atoms with van der Waals surface area (Å²) in [5.74, 6) is -0.247. The number of carbonyl (C=O) groups excluding carboxylic acids is 1. The molecule has 1 aliphatic carbocycles. The lowest BCUT2D eigenvalue weighted by atomic mass is 9.80. The fourth-order valence-corrected chi connectivity index (χ4v) is 2.11. The number of hydrogen-bond donors (Lipinski definition) is 0. The molecule has 4 heteroatoms. The second-order valence-electron chi connectivity index (χ2n) is 4.25. The molecule has 0 aromatic carbocycles. The lowest BCUT2D eigenvalue weighted by Gasteiger charge is -2.41. The molecule has 2 aliphatic rings. The van der Waals surface area contributed by atoms with Gasteiger partial charge in [0.05, 0.1) is 7.11 Å². The van der Waals surface area contributed by atoms with Crippen LogP contribution in [0.4, 0.5) is 0 Å². The quantitative estimate of drug-likeness (QED) is 0.670. The third kappa shape index (κ3) is 2.16. The Morgan fingerprint density at radius 2 is 2.13 bits per heavy atom. The van der Waals surface area contributed by atoms with Crippen LogP contribution in [0, 0.1) is 0 Å². The van der Waals surface area contributed by atoms with Crippen molar-refractivity contribution in [2.45, 2.75) is 50.4 Å². The van der Waals surface area contributed by atoms with Crippen LogP contribution >= 0.6 is 0 Å². The zero-order valence-electron chi connectivity index (χ0n) is 9.16. The van der Waals surface area contributed by atoms with E-state index in [2.05, 4.69) is 0 Å². The first-order valence-electron chi connectivity index (χ1n) is 5.65. The Labute approximate surface area is 89.9 Å². The van der Waals surface area contributed by atoms with Crippen LogP contribution < -0.4 is 0 Å². The molecular weight excluding hydrogens is 196 g/mol. The van der Waals surface area contributed by atoms with Gasteiger partial charge < -0.3 is 14.2 Å². The van der Waals surface area contributed by atoms with E-state index in [9.17, 15) is 4.79 Å². The molecule has 2 rings (SSSR count). The minimum atomic E-state index is -0.698. The molecule has 0 aromatic heterocycles. The van der Waals surface area contributed by atoms with Crippen molar-refractivity contribution in [2.24, 2.45) is 0 Å². The molecule has 1 atom stereocenters. The first-order chi connectivity index (χ1) is 7.27. The van der Waals surface area contributed by atoms with Crippen molar-refractivity contribution in [3.05, 3.63) is 0 Å². The van der Waals surface area contributed by atoms with Crippen molar-refractivity contribution >= 4 is 5.97 Å². The zero-order valence-corrected chi connectivity index (χ0v) is 9.16. The van der Waals surface area contributed by atoms with Gasteiger partial charge >= 0.3 is 5.97 Å². The minimum Gasteiger partial charge on any atom is -0.467 e. The molecule has 1 heterocycles. The molecule has 1 saturated heterocycles. The van der Waals surface area contributed by atoms with Gasteiger partial charge in [0.1, 0.15) is 0 Å². The Morgan fingerprint density at radius 1 is 1.33 bits per heavy atom. The van der Waals surface area contributed by atoms with Crippen molar-refractivity contribution in [1.82, 2.24) is 0 Å². The van der Waals surface area contributed by atoms with Crippen molar-refractivity contribution < 1.29 is 19.0 Å². The van der Waals surface area contributed by atoms with E-state index in [0.717, 1.165) is 45.1 Å². The summed E-state index contributed by atoms with van der Waals surface area (Å²) in [6.45, 7) is 0.738. The van der Waals surface area contributed by atoms with Crippen LogP contribution in [-0.2, 0) is 19.0 Å². The Balaban J connectivity index is 1.92. The average Bonchev–Trinajstić information content (AvgIpc) is 2.24. The second kappa shape index (κ2) is 4.49. The molecule has 2 fully saturated rings. The van der Waals surface area contributed by atoms with E-state index in [1.165, 1.54) is 7.11 Å². The van der Waals surface area contributed by atoms with Gasteiger partial charge in [-0.1, -0.05) is 0 Å². The number of ether oxygens (including phenoxy) is 3. The first kappa shape index (κ1) is 10.9. The number of hydrogen-bond acceptors (Lipinski definition) is 4. The first-order valence-corrected chi connectivity index (χ1v) is 5.65. The molecule has 0 N–H and O–H groups in total. The predicted molar refractivity (Wildman–Crippen MR) is 53.3 cm³/mol. The summed E-state index contributed by atoms with van der Waals surface area (Å²) in [5.41, 5.74) is -0.698. The summed E-state index contributed by atoms with van der Waals surface area (Å²) in [5, 5.41) is 0. The molecule has 0 bridgehead atoms. The number of rotatable bonds is 3. The van der Waals surface area contributed by atoms with Gasteiger partial charge in [-0.05, 0) is 38.5 Å². The molecular formula is C11H18O4. The van der Waals surface area contributed by atoms with Crippen molar-refractivity contribution in [3.8, 4) is 0 Å². The highest BCUT2D eigenvalue weighted by molar-refractivity contribution is 5.80. The molecule has 1 aliphatic heterocycles. The van der Waals surface area contributed by atoms with Gasteiger partial charge in [0.25, 0.3) is 0 Å². The fourth-order valence-electron chi connectivity index (χ4n) is 2.11. The van der Waals surface area contributed by atoms with E-state index >= 15 is 0 Å². The van der Waals surface area contributed by atoms with Crippen LogP contribution in [0.1, 0.15) is 38.5 Å². The molecule has 0 radical (unpaired) electrons. The number of carbonyl (C=O) groups is 1. The van der Waals surface area contributed by atoms with Gasteiger partial charge in [0, 0.05) is 6.61 Å². The van der Waals surface area contributed by atoms with Crippen LogP contribution in [0.3, 0.4) is 0 Å². The van der Waals surface area contributed by atoms with Crippen molar-refractivity contribution in [1.29, 1.82) is 0 Å². The number of esters is 1. The average molecular weight is 214 g/mol. The maximum atomic E-state index is 11.6. The number of methoxy groups -OCH3 is 1. The summed E-state index contributed by atoms with van der Waals surface area (Å²) >= 11 is 0. The van der Waals surface area contributed by atoms with Gasteiger partial charge in [0.15, 0.2) is 11.9 Å². The van der Waals surface area contributed by atoms with Crippen LogP contribution in [0.2, 0.25) is 0 Å². The fraction of sp³-hybridized carbons (Fsp3) is 0.909. The van der Waals surface area contributed by atoms with Crippen LogP contribution in [-0.4, -0.2) is 31.6 Å². The van der Waals surface area contributed by atoms with E-state index in [4.69, 9.17) is 14.2 Å². The SMILES string of the molecule is COC(=O)C1(OC2CCCCO2)CCC1. The highest BCUT2D eigenvalue weighted by Crippen LogP contribution is 2.38. The van der Waals surface area contributed by atoms with Gasteiger partial charge in [-0.25, -0.2) is 4.79 Å². The van der Waals surface area contributed by atoms with E-state index in [1.54, 1.807) is 0 Å². The molecule has 86 valence electrons. The summed E-state index contributed by atoms with van der Waals surface area (Å²) in [7, 11) is 1.41. The van der Waals surface area contributed by atoms with Gasteiger partial charge in [0.2, 0.25) is 0 Å². The second-order valence-corrected chi connectivity index (χ2v) is 4.25. The standard InChI is InChI=1S/C11H18O4/c1-13-10(12)11(6-4-7-11)15-9-5-2-3-8-14-9/h9H,2-8H2,1H3. The minimum absolute atomic E-state index is 0.210. The van der Waals surface area contributed by atoms with E-state index in [1.807, 2.05) is 0 Å². The Hall–Kier alpha value is -0.610. The zero-order chi connectivity index (χ0) is 10.7. The van der Waals surface area contributed by atoms with Gasteiger partial charge in [-0.3, -0.25) is 0 Å². The monoisotopic (exact) mass is 214 g/mol. The maximum absolute atomic E-state index is 11.6. The summed E-state index contributed by atoms with van der Waals surface area (Å²) in [6.07, 6.45) is 5.44. The lowest BCUT2D eigenvalue weighted by molar-refractivity contribution is -0.250. The molecule has 0 aromatic rings. The van der Waals surface area contributed by atoms with Crippen LogP contribution in [0.25, 0.3) is 0 Å². The molecule has 1 saturated carbocycles. The normalized spacial score (nSPS) is 29.3. The third-order valence-electron chi connectivity index (χ3n) is 3.21. The Bertz CT molecular complexity index is 229. The highest BCUT2D eigenvalue weighted by Gasteiger charge is 2.48. The highest BCUT2D eigenvalue weighted by atomic mass is 16.7. The molecule has 4 nitrogen and oxygen atoms in total. The summed E-state index contributed by atoms with van der Waals surface area (Å²) in [4.78, 5) is 11.6. The Kier molecular flexibility index (Phi) is 3.26. The molecule has 0 amide bonds. The van der Waals surface area contributed by atoms with E-state index in [0.29, 0.717) is 0 Å². The van der Waals surface area contributed by atoms with Crippen LogP contribution in [0.5, 0.6) is 0 Å². The largest absolute Gasteiger partial charge is 0.467 e. The predicted octanol–water partition coefficient (Wildman–Crippen LogP) is 1.63. The molecule has 1 unspecified atom stereocenters. The van der Waals surface area contributed by atoms with Crippen LogP contribution in [0.15, 0.2) is 0 Å². The van der Waals surface area contributed by atoms with E-state index in [-0.39, 0.29) is 12.3 Å².